The van der Waals surface area contributed by atoms with Gasteiger partial charge in [-0.15, -0.1) is 0 Å². The molecule has 0 aliphatic heterocycles. The molecular formula is C53H56F8N8O10. The van der Waals surface area contributed by atoms with Gasteiger partial charge in [0.15, 0.2) is 69.5 Å². The van der Waals surface area contributed by atoms with Gasteiger partial charge in [0.25, 0.3) is 0 Å². The highest BCUT2D eigenvalue weighted by molar-refractivity contribution is 5.91. The summed E-state index contributed by atoms with van der Waals surface area (Å²) in [4.78, 5) is 57.0. The number of benzene rings is 6. The minimum absolute atomic E-state index is 0.0143. The molecular weight excluding hydrogens is 1060 g/mol. The smallest absolute Gasteiger partial charge is 0.319 e. The van der Waals surface area contributed by atoms with Crippen LogP contribution < -0.4 is 42.5 Å². The molecule has 12 N–H and O–H groups in total. The number of carbonyl (C=O) groups is 5. The number of nitrogens with one attached hydrogen (secondary N) is 8. The molecule has 0 radical (unpaired) electrons. The Labute approximate surface area is 447 Å². The van der Waals surface area contributed by atoms with Crippen LogP contribution in [0.1, 0.15) is 56.2 Å². The molecule has 424 valence electrons. The maximum Gasteiger partial charge on any atom is 0.319 e. The fraction of sp³-hybridized carbons (Fsp3) is 0.226. The van der Waals surface area contributed by atoms with Crippen molar-refractivity contribution in [2.24, 2.45) is 0 Å². The maximum atomic E-state index is 13.1. The topological polar surface area (TPSA) is 272 Å². The van der Waals surface area contributed by atoms with Gasteiger partial charge < -0.3 is 67.7 Å². The molecule has 0 aromatic heterocycles. The molecule has 0 heterocycles. The van der Waals surface area contributed by atoms with Crippen LogP contribution in [0.2, 0.25) is 0 Å². The highest BCUT2D eigenvalue weighted by Crippen LogP contribution is 2.27. The summed E-state index contributed by atoms with van der Waals surface area (Å²) in [6, 6.07) is 20.8. The van der Waals surface area contributed by atoms with E-state index in [1.807, 2.05) is 68.4 Å². The van der Waals surface area contributed by atoms with Crippen LogP contribution in [0, 0.1) is 53.5 Å². The average molecular weight is 1120 g/mol. The van der Waals surface area contributed by atoms with Gasteiger partial charge in [0, 0.05) is 97.5 Å². The summed E-state index contributed by atoms with van der Waals surface area (Å²) in [5.74, 6) is -13.9. The monoisotopic (exact) mass is 1120 g/mol. The summed E-state index contributed by atoms with van der Waals surface area (Å²) in [5.41, 5.74) is 2.50. The quantitative estimate of drug-likeness (QED) is 0.0189. The molecule has 6 aromatic carbocycles. The van der Waals surface area contributed by atoms with Gasteiger partial charge in [0.05, 0.1) is 13.0 Å². The summed E-state index contributed by atoms with van der Waals surface area (Å²) < 4.78 is 109. The number of aromatic hydroxyl groups is 4. The average Bonchev–Trinajstić information content (AvgIpc) is 3.40. The van der Waals surface area contributed by atoms with E-state index in [4.69, 9.17) is 20.4 Å². The number of hydrogen-bond acceptors (Lipinski definition) is 10. The number of amides is 8. The summed E-state index contributed by atoms with van der Waals surface area (Å²) >= 11 is 0. The summed E-state index contributed by atoms with van der Waals surface area (Å²) in [6.07, 6.45) is 2.88. The Hall–Kier alpha value is -9.49. The van der Waals surface area contributed by atoms with E-state index in [2.05, 4.69) is 47.3 Å². The zero-order valence-electron chi connectivity index (χ0n) is 42.4. The number of esters is 1. The van der Waals surface area contributed by atoms with Crippen LogP contribution in [-0.2, 0) is 22.6 Å². The summed E-state index contributed by atoms with van der Waals surface area (Å²) in [7, 11) is 0. The second kappa shape index (κ2) is 32.8. The van der Waals surface area contributed by atoms with E-state index in [1.165, 1.54) is 0 Å². The van der Waals surface area contributed by atoms with Crippen LogP contribution >= 0.6 is 0 Å². The number of carbonyl (C=O) groups excluding carboxylic acids is 5. The van der Waals surface area contributed by atoms with Crippen molar-refractivity contribution >= 4 is 52.8 Å². The molecule has 0 atom stereocenters. The van der Waals surface area contributed by atoms with Crippen molar-refractivity contribution in [3.8, 4) is 23.0 Å². The third kappa shape index (κ3) is 23.1. The number of halogens is 8. The van der Waals surface area contributed by atoms with E-state index >= 15 is 0 Å². The van der Waals surface area contributed by atoms with Gasteiger partial charge in [-0.05, 0) is 37.0 Å². The lowest BCUT2D eigenvalue weighted by atomic mass is 10.1. The van der Waals surface area contributed by atoms with E-state index in [0.29, 0.717) is 13.1 Å². The number of hydrogen-bond donors (Lipinski definition) is 12. The standard InChI is InChI=1S/C15H14F2N2O2.C14H12F2N2O2.C12H14F2N2O4.C12H16F2N2O2/c1-9-4-2-3-5-10(9)8-18-15(21)19-11-6-12(16)14(20)13(17)7-11;15-11-6-10(7-12(16)13(11)19)18-14(20)17-8-9-4-2-1-3-5-9;1-2-20-10(17)3-4-15-12(19)16-7-5-8(13)11(18)9(14)6-7;1-2-3-4-5-15-12(18)16-8-6-9(13)11(17)10(14)7-8/h2-7,20H,8H2,1H3,(H2,18,19,21);1-7,19H,8H2,(H2,17,18,20);5-6,18H,2-4H2,1H3,(H2,15,16,19);6-7,17H,2-5H2,1H3,(H2,15,16,18). The largest absolute Gasteiger partial charge is 0.503 e. The van der Waals surface area contributed by atoms with Crippen molar-refractivity contribution in [2.45, 2.75) is 59.5 Å². The van der Waals surface area contributed by atoms with Gasteiger partial charge >= 0.3 is 30.1 Å². The SMILES string of the molecule is CCCCCNC(=O)Nc1cc(F)c(O)c(F)c1.CCOC(=O)CCNC(=O)Nc1cc(F)c(O)c(F)c1.Cc1ccccc1CNC(=O)Nc1cc(F)c(O)c(F)c1.O=C(NCc1ccccc1)Nc1cc(F)c(O)c(F)c1. The minimum Gasteiger partial charge on any atom is -0.503 e. The number of unbranched alkanes of at least 4 members (excludes halogenated alkanes) is 2. The lowest BCUT2D eigenvalue weighted by Gasteiger charge is -2.10. The van der Waals surface area contributed by atoms with E-state index in [9.17, 15) is 59.1 Å². The van der Waals surface area contributed by atoms with Gasteiger partial charge in [0.2, 0.25) is 0 Å². The first kappa shape index (κ1) is 63.8. The Kier molecular flexibility index (Phi) is 26.5. The number of phenols is 4. The first-order valence-electron chi connectivity index (χ1n) is 23.7. The maximum absolute atomic E-state index is 13.1. The molecule has 18 nitrogen and oxygen atoms in total. The number of aryl methyl sites for hydroxylation is 1. The number of rotatable bonds is 16. The van der Waals surface area contributed by atoms with Crippen molar-refractivity contribution in [1.82, 2.24) is 21.3 Å². The van der Waals surface area contributed by atoms with Gasteiger partial charge in [-0.3, -0.25) is 4.79 Å². The number of urea groups is 4. The Morgan fingerprint density at radius 1 is 0.443 bits per heavy atom. The lowest BCUT2D eigenvalue weighted by molar-refractivity contribution is -0.142. The van der Waals surface area contributed by atoms with Crippen LogP contribution in [0.25, 0.3) is 0 Å². The highest BCUT2D eigenvalue weighted by Gasteiger charge is 2.15. The van der Waals surface area contributed by atoms with Gasteiger partial charge in [-0.25, -0.2) is 54.3 Å². The number of ether oxygens (including phenoxy) is 1. The van der Waals surface area contributed by atoms with Crippen LogP contribution in [0.3, 0.4) is 0 Å². The fourth-order valence-electron chi connectivity index (χ4n) is 6.10. The first-order chi connectivity index (χ1) is 37.5. The third-order valence-corrected chi connectivity index (χ3v) is 10.1. The lowest BCUT2D eigenvalue weighted by Crippen LogP contribution is -2.31. The van der Waals surface area contributed by atoms with E-state index in [0.717, 1.165) is 84.5 Å². The molecule has 0 bridgehead atoms. The molecule has 0 spiro atoms. The summed E-state index contributed by atoms with van der Waals surface area (Å²) in [5, 5.41) is 54.7. The zero-order chi connectivity index (χ0) is 58.6. The minimum atomic E-state index is -1.19. The Bertz CT molecular complexity index is 2930. The molecule has 6 rings (SSSR count). The molecule has 0 fully saturated rings. The Morgan fingerprint density at radius 3 is 1.15 bits per heavy atom. The molecule has 6 aromatic rings. The molecule has 8 amide bonds. The predicted octanol–water partition coefficient (Wildman–Crippen LogP) is 11.0. The first-order valence-corrected chi connectivity index (χ1v) is 23.7. The van der Waals surface area contributed by atoms with Gasteiger partial charge in [-0.1, -0.05) is 74.4 Å². The molecule has 79 heavy (non-hydrogen) atoms. The molecule has 0 saturated heterocycles. The van der Waals surface area contributed by atoms with E-state index in [-0.39, 0.29) is 48.9 Å². The number of phenolic OH excluding ortho intramolecular Hbond substituents is 4. The zero-order valence-corrected chi connectivity index (χ0v) is 42.4. The van der Waals surface area contributed by atoms with Crippen LogP contribution in [0.15, 0.2) is 103 Å². The second-order valence-corrected chi connectivity index (χ2v) is 16.2. The van der Waals surface area contributed by atoms with Crippen molar-refractivity contribution in [2.75, 3.05) is 41.0 Å². The van der Waals surface area contributed by atoms with Crippen LogP contribution in [0.5, 0.6) is 23.0 Å². The number of anilines is 4. The highest BCUT2D eigenvalue weighted by atomic mass is 19.2. The van der Waals surface area contributed by atoms with Crippen molar-refractivity contribution in [1.29, 1.82) is 0 Å². The predicted molar refractivity (Wildman–Crippen MR) is 276 cm³/mol. The fourth-order valence-corrected chi connectivity index (χ4v) is 6.10. The second-order valence-electron chi connectivity index (χ2n) is 16.2. The van der Waals surface area contributed by atoms with Crippen molar-refractivity contribution in [3.05, 3.63) is 166 Å². The van der Waals surface area contributed by atoms with Crippen molar-refractivity contribution < 1.29 is 84.3 Å². The summed E-state index contributed by atoms with van der Waals surface area (Å²) in [6.45, 7) is 6.97. The van der Waals surface area contributed by atoms with E-state index in [1.54, 1.807) is 6.92 Å². The van der Waals surface area contributed by atoms with Crippen LogP contribution in [0.4, 0.5) is 77.1 Å². The third-order valence-electron chi connectivity index (χ3n) is 10.1. The van der Waals surface area contributed by atoms with E-state index < -0.39 is 99.6 Å². The molecule has 0 saturated carbocycles. The Balaban J connectivity index is 0.000000277. The van der Waals surface area contributed by atoms with Gasteiger partial charge in [-0.2, -0.15) is 0 Å². The van der Waals surface area contributed by atoms with Gasteiger partial charge in [0.1, 0.15) is 0 Å². The van der Waals surface area contributed by atoms with Crippen molar-refractivity contribution in [3.63, 3.8) is 0 Å². The molecule has 26 heteroatoms. The Morgan fingerprint density at radius 2 is 0.785 bits per heavy atom. The van der Waals surface area contributed by atoms with Crippen LogP contribution in [-0.4, -0.2) is 70.2 Å². The molecule has 0 unspecified atom stereocenters. The molecule has 0 aliphatic carbocycles. The normalized spacial score (nSPS) is 10.1. The molecule has 0 aliphatic rings.